The van der Waals surface area contributed by atoms with Crippen LogP contribution in [0.2, 0.25) is 0 Å². The summed E-state index contributed by atoms with van der Waals surface area (Å²) < 4.78 is 0. The molecular weight excluding hydrogens is 236 g/mol. The van der Waals surface area contributed by atoms with E-state index in [0.29, 0.717) is 0 Å². The van der Waals surface area contributed by atoms with E-state index in [1.54, 1.807) is 0 Å². The zero-order valence-electron chi connectivity index (χ0n) is 12.1. The highest BCUT2D eigenvalue weighted by Crippen LogP contribution is 2.11. The SMILES string of the molecule is CCCCCCCc1ccc(CC(=O)C(C)=O)cc1. The van der Waals surface area contributed by atoms with Gasteiger partial charge in [-0.05, 0) is 24.0 Å². The van der Waals surface area contributed by atoms with Crippen LogP contribution >= 0.6 is 0 Å². The lowest BCUT2D eigenvalue weighted by Crippen LogP contribution is -2.12. The molecule has 2 nitrogen and oxygen atoms in total. The van der Waals surface area contributed by atoms with Crippen molar-refractivity contribution in [3.63, 3.8) is 0 Å². The van der Waals surface area contributed by atoms with Gasteiger partial charge in [-0.15, -0.1) is 0 Å². The van der Waals surface area contributed by atoms with E-state index in [2.05, 4.69) is 19.1 Å². The Morgan fingerprint density at radius 3 is 2.05 bits per heavy atom. The molecule has 0 aliphatic rings. The summed E-state index contributed by atoms with van der Waals surface area (Å²) in [5.41, 5.74) is 2.24. The predicted octanol–water partition coefficient (Wildman–Crippen LogP) is 3.90. The topological polar surface area (TPSA) is 34.1 Å². The Hall–Kier alpha value is -1.44. The highest BCUT2D eigenvalue weighted by molar-refractivity contribution is 6.36. The van der Waals surface area contributed by atoms with Gasteiger partial charge in [0.2, 0.25) is 5.78 Å². The number of carbonyl (C=O) groups is 2. The Bertz CT molecular complexity index is 404. The van der Waals surface area contributed by atoms with Gasteiger partial charge in [-0.25, -0.2) is 0 Å². The summed E-state index contributed by atoms with van der Waals surface area (Å²) in [6.45, 7) is 3.55. The van der Waals surface area contributed by atoms with E-state index in [0.717, 1.165) is 12.0 Å². The van der Waals surface area contributed by atoms with E-state index in [9.17, 15) is 9.59 Å². The summed E-state index contributed by atoms with van der Waals surface area (Å²) >= 11 is 0. The van der Waals surface area contributed by atoms with Crippen LogP contribution in [0.4, 0.5) is 0 Å². The molecule has 1 rings (SSSR count). The molecule has 0 bridgehead atoms. The van der Waals surface area contributed by atoms with Gasteiger partial charge in [-0.2, -0.15) is 0 Å². The van der Waals surface area contributed by atoms with E-state index in [-0.39, 0.29) is 18.0 Å². The van der Waals surface area contributed by atoms with Gasteiger partial charge in [-0.3, -0.25) is 9.59 Å². The minimum Gasteiger partial charge on any atom is -0.291 e. The van der Waals surface area contributed by atoms with Crippen LogP contribution in [0.3, 0.4) is 0 Å². The van der Waals surface area contributed by atoms with Crippen LogP contribution in [-0.2, 0) is 22.4 Å². The first-order valence-corrected chi connectivity index (χ1v) is 7.25. The molecular formula is C17H24O2. The van der Waals surface area contributed by atoms with E-state index in [4.69, 9.17) is 0 Å². The fourth-order valence-electron chi connectivity index (χ4n) is 2.07. The summed E-state index contributed by atoms with van der Waals surface area (Å²) in [5, 5.41) is 0. The second-order valence-corrected chi connectivity index (χ2v) is 5.14. The van der Waals surface area contributed by atoms with Crippen LogP contribution in [0.1, 0.15) is 57.1 Å². The number of benzene rings is 1. The third-order valence-corrected chi connectivity index (χ3v) is 3.35. The van der Waals surface area contributed by atoms with Crippen LogP contribution in [0.5, 0.6) is 0 Å². The molecule has 0 aromatic heterocycles. The van der Waals surface area contributed by atoms with Crippen molar-refractivity contribution in [3.8, 4) is 0 Å². The maximum absolute atomic E-state index is 11.3. The van der Waals surface area contributed by atoms with E-state index in [1.807, 2.05) is 12.1 Å². The van der Waals surface area contributed by atoms with Crippen molar-refractivity contribution in [1.29, 1.82) is 0 Å². The van der Waals surface area contributed by atoms with Crippen molar-refractivity contribution in [2.24, 2.45) is 0 Å². The smallest absolute Gasteiger partial charge is 0.202 e. The van der Waals surface area contributed by atoms with Gasteiger partial charge in [0.05, 0.1) is 0 Å². The van der Waals surface area contributed by atoms with Crippen LogP contribution in [0.25, 0.3) is 0 Å². The number of aryl methyl sites for hydroxylation is 1. The summed E-state index contributed by atoms with van der Waals surface area (Å²) in [5.74, 6) is -0.674. The lowest BCUT2D eigenvalue weighted by atomic mass is 10.0. The summed E-state index contributed by atoms with van der Waals surface area (Å²) in [6, 6.07) is 8.07. The van der Waals surface area contributed by atoms with Gasteiger partial charge in [-0.1, -0.05) is 56.9 Å². The van der Waals surface area contributed by atoms with Gasteiger partial charge < -0.3 is 0 Å². The van der Waals surface area contributed by atoms with Crippen molar-refractivity contribution in [2.45, 2.75) is 58.8 Å². The Kier molecular flexibility index (Phi) is 7.09. The summed E-state index contributed by atoms with van der Waals surface area (Å²) in [6.07, 6.45) is 7.77. The summed E-state index contributed by atoms with van der Waals surface area (Å²) in [4.78, 5) is 22.2. The maximum Gasteiger partial charge on any atom is 0.202 e. The molecule has 0 saturated heterocycles. The fraction of sp³-hybridized carbons (Fsp3) is 0.529. The van der Waals surface area contributed by atoms with Crippen molar-refractivity contribution >= 4 is 11.6 Å². The number of hydrogen-bond donors (Lipinski definition) is 0. The molecule has 0 heterocycles. The number of carbonyl (C=O) groups excluding carboxylic acids is 2. The molecule has 0 amide bonds. The summed E-state index contributed by atoms with van der Waals surface area (Å²) in [7, 11) is 0. The largest absolute Gasteiger partial charge is 0.291 e. The number of rotatable bonds is 9. The Morgan fingerprint density at radius 1 is 0.895 bits per heavy atom. The van der Waals surface area contributed by atoms with Gasteiger partial charge >= 0.3 is 0 Å². The van der Waals surface area contributed by atoms with Crippen LogP contribution in [0, 0.1) is 0 Å². The van der Waals surface area contributed by atoms with E-state index < -0.39 is 0 Å². The molecule has 1 aromatic carbocycles. The first-order chi connectivity index (χ1) is 9.13. The maximum atomic E-state index is 11.3. The van der Waals surface area contributed by atoms with Gasteiger partial charge in [0, 0.05) is 13.3 Å². The van der Waals surface area contributed by atoms with Crippen molar-refractivity contribution in [1.82, 2.24) is 0 Å². The molecule has 0 radical (unpaired) electrons. The van der Waals surface area contributed by atoms with E-state index in [1.165, 1.54) is 44.6 Å². The van der Waals surface area contributed by atoms with Crippen molar-refractivity contribution in [2.75, 3.05) is 0 Å². The lowest BCUT2D eigenvalue weighted by molar-refractivity contribution is -0.134. The third kappa shape index (κ3) is 6.32. The quantitative estimate of drug-likeness (QED) is 0.498. The lowest BCUT2D eigenvalue weighted by Gasteiger charge is -2.03. The number of unbranched alkanes of at least 4 members (excludes halogenated alkanes) is 4. The second-order valence-electron chi connectivity index (χ2n) is 5.14. The monoisotopic (exact) mass is 260 g/mol. The zero-order chi connectivity index (χ0) is 14.1. The molecule has 0 N–H and O–H groups in total. The molecule has 0 aliphatic carbocycles. The number of hydrogen-bond acceptors (Lipinski definition) is 2. The van der Waals surface area contributed by atoms with Crippen LogP contribution in [0.15, 0.2) is 24.3 Å². The molecule has 2 heteroatoms. The number of Topliss-reactive ketones (excluding diaryl/α,β-unsaturated/α-hetero) is 2. The Morgan fingerprint density at radius 2 is 1.47 bits per heavy atom. The van der Waals surface area contributed by atoms with Crippen molar-refractivity contribution < 1.29 is 9.59 Å². The average molecular weight is 260 g/mol. The molecule has 0 aliphatic heterocycles. The predicted molar refractivity (Wildman–Crippen MR) is 78.3 cm³/mol. The normalized spacial score (nSPS) is 10.4. The number of ketones is 2. The Labute approximate surface area is 116 Å². The highest BCUT2D eigenvalue weighted by Gasteiger charge is 2.08. The fourth-order valence-corrected chi connectivity index (χ4v) is 2.07. The second kappa shape index (κ2) is 8.63. The molecule has 19 heavy (non-hydrogen) atoms. The minimum atomic E-state index is -0.361. The van der Waals surface area contributed by atoms with Gasteiger partial charge in [0.1, 0.15) is 0 Å². The Balaban J connectivity index is 2.35. The van der Waals surface area contributed by atoms with Crippen LogP contribution < -0.4 is 0 Å². The van der Waals surface area contributed by atoms with Gasteiger partial charge in [0.25, 0.3) is 0 Å². The highest BCUT2D eigenvalue weighted by atomic mass is 16.2. The standard InChI is InChI=1S/C17H24O2/c1-3-4-5-6-7-8-15-9-11-16(12-10-15)13-17(19)14(2)18/h9-12H,3-8,13H2,1-2H3. The molecule has 0 atom stereocenters. The average Bonchev–Trinajstić information content (AvgIpc) is 2.40. The van der Waals surface area contributed by atoms with Crippen molar-refractivity contribution in [3.05, 3.63) is 35.4 Å². The zero-order valence-corrected chi connectivity index (χ0v) is 12.1. The molecule has 0 unspecified atom stereocenters. The minimum absolute atomic E-state index is 0.228. The van der Waals surface area contributed by atoms with Crippen LogP contribution in [-0.4, -0.2) is 11.6 Å². The molecule has 0 spiro atoms. The van der Waals surface area contributed by atoms with Gasteiger partial charge in [0.15, 0.2) is 5.78 Å². The molecule has 104 valence electrons. The third-order valence-electron chi connectivity index (χ3n) is 3.35. The van der Waals surface area contributed by atoms with E-state index >= 15 is 0 Å². The first-order valence-electron chi connectivity index (χ1n) is 7.25. The molecule has 0 fully saturated rings. The molecule has 0 saturated carbocycles. The first kappa shape index (κ1) is 15.6. The molecule has 1 aromatic rings.